The van der Waals surface area contributed by atoms with Crippen molar-refractivity contribution < 1.29 is 19.1 Å². The molecule has 0 unspecified atom stereocenters. The van der Waals surface area contributed by atoms with E-state index in [9.17, 15) is 9.59 Å². The summed E-state index contributed by atoms with van der Waals surface area (Å²) >= 11 is 0. The number of methoxy groups -OCH3 is 1. The molecule has 0 aliphatic carbocycles. The van der Waals surface area contributed by atoms with Gasteiger partial charge in [-0.15, -0.1) is 0 Å². The van der Waals surface area contributed by atoms with Crippen molar-refractivity contribution in [2.45, 2.75) is 43.4 Å². The second-order valence-electron chi connectivity index (χ2n) is 9.26. The molecule has 0 radical (unpaired) electrons. The van der Waals surface area contributed by atoms with Crippen LogP contribution in [-0.4, -0.2) is 56.7 Å². The normalized spacial score (nSPS) is 19.5. The third kappa shape index (κ3) is 4.76. The number of ether oxygens (including phenoxy) is 2. The largest absolute Gasteiger partial charge is 0.497 e. The second-order valence-corrected chi connectivity index (χ2v) is 9.26. The maximum Gasteiger partial charge on any atom is 0.230 e. The number of rotatable bonds is 6. The first-order valence-electron chi connectivity index (χ1n) is 11.8. The highest BCUT2D eigenvalue weighted by Crippen LogP contribution is 2.38. The summed E-state index contributed by atoms with van der Waals surface area (Å²) in [4.78, 5) is 27.6. The Balaban J connectivity index is 1.57. The first kappa shape index (κ1) is 23.3. The van der Waals surface area contributed by atoms with Gasteiger partial charge in [-0.05, 0) is 48.9 Å². The van der Waals surface area contributed by atoms with Crippen LogP contribution < -0.4 is 10.1 Å². The van der Waals surface area contributed by atoms with E-state index in [0.29, 0.717) is 45.7 Å². The minimum atomic E-state index is -0.626. The fourth-order valence-corrected chi connectivity index (χ4v) is 5.30. The zero-order valence-corrected chi connectivity index (χ0v) is 19.6. The molecule has 1 N–H and O–H groups in total. The predicted molar refractivity (Wildman–Crippen MR) is 127 cm³/mol. The number of hydrogen-bond acceptors (Lipinski definition) is 4. The van der Waals surface area contributed by atoms with E-state index in [1.54, 1.807) is 14.0 Å². The monoisotopic (exact) mass is 450 g/mol. The molecule has 2 fully saturated rings. The molecule has 2 heterocycles. The van der Waals surface area contributed by atoms with E-state index in [1.807, 2.05) is 47.4 Å². The van der Waals surface area contributed by atoms with Gasteiger partial charge in [-0.2, -0.15) is 0 Å². The van der Waals surface area contributed by atoms with Crippen LogP contribution >= 0.6 is 0 Å². The van der Waals surface area contributed by atoms with E-state index in [0.717, 1.165) is 24.2 Å². The molecule has 33 heavy (non-hydrogen) atoms. The molecular weight excluding hydrogens is 416 g/mol. The van der Waals surface area contributed by atoms with E-state index in [4.69, 9.17) is 9.47 Å². The number of carbonyl (C=O) groups is 2. The van der Waals surface area contributed by atoms with Gasteiger partial charge in [-0.3, -0.25) is 9.59 Å². The fraction of sp³-hybridized carbons (Fsp3) is 0.481. The highest BCUT2D eigenvalue weighted by Gasteiger charge is 2.44. The van der Waals surface area contributed by atoms with Crippen LogP contribution in [0.3, 0.4) is 0 Å². The van der Waals surface area contributed by atoms with E-state index in [-0.39, 0.29) is 17.2 Å². The first-order valence-corrected chi connectivity index (χ1v) is 11.8. The lowest BCUT2D eigenvalue weighted by atomic mass is 9.70. The van der Waals surface area contributed by atoms with Gasteiger partial charge >= 0.3 is 0 Å². The van der Waals surface area contributed by atoms with Gasteiger partial charge in [0.15, 0.2) is 0 Å². The van der Waals surface area contributed by atoms with Gasteiger partial charge in [0.25, 0.3) is 0 Å². The van der Waals surface area contributed by atoms with Crippen molar-refractivity contribution in [2.24, 2.45) is 0 Å². The molecule has 0 aromatic heterocycles. The van der Waals surface area contributed by atoms with Crippen LogP contribution in [0.25, 0.3) is 0 Å². The molecule has 0 atom stereocenters. The van der Waals surface area contributed by atoms with Crippen molar-refractivity contribution in [1.29, 1.82) is 0 Å². The van der Waals surface area contributed by atoms with Crippen molar-refractivity contribution in [3.63, 3.8) is 0 Å². The van der Waals surface area contributed by atoms with Crippen LogP contribution in [0.2, 0.25) is 0 Å². The summed E-state index contributed by atoms with van der Waals surface area (Å²) < 4.78 is 11.0. The predicted octanol–water partition coefficient (Wildman–Crippen LogP) is 3.44. The van der Waals surface area contributed by atoms with E-state index in [1.165, 1.54) is 5.56 Å². The van der Waals surface area contributed by atoms with Gasteiger partial charge in [-0.25, -0.2) is 0 Å². The number of hydrogen-bond donors (Lipinski definition) is 1. The molecule has 2 aromatic rings. The molecule has 6 heteroatoms. The Morgan fingerprint density at radius 1 is 0.939 bits per heavy atom. The average molecular weight is 451 g/mol. The highest BCUT2D eigenvalue weighted by molar-refractivity contribution is 5.89. The molecule has 2 amide bonds. The number of piperidine rings is 1. The molecule has 0 bridgehead atoms. The maximum atomic E-state index is 13.8. The SMILES string of the molecule is COc1ccc(C2(CNC(=O)C3(c4ccccc4)CCN(C(C)=O)CC3)CCOCC2)cc1. The lowest BCUT2D eigenvalue weighted by Crippen LogP contribution is -2.55. The number of carbonyl (C=O) groups excluding carboxylic acids is 2. The summed E-state index contributed by atoms with van der Waals surface area (Å²) in [6, 6.07) is 18.2. The Bertz CT molecular complexity index is 944. The van der Waals surface area contributed by atoms with Gasteiger partial charge in [0.05, 0.1) is 12.5 Å². The van der Waals surface area contributed by atoms with Crippen LogP contribution in [0.5, 0.6) is 5.75 Å². The van der Waals surface area contributed by atoms with Crippen LogP contribution in [0.15, 0.2) is 54.6 Å². The summed E-state index contributed by atoms with van der Waals surface area (Å²) in [7, 11) is 1.67. The summed E-state index contributed by atoms with van der Waals surface area (Å²) in [6.07, 6.45) is 2.97. The van der Waals surface area contributed by atoms with Gasteiger partial charge in [0, 0.05) is 45.2 Å². The van der Waals surface area contributed by atoms with Crippen molar-refractivity contribution in [3.8, 4) is 5.75 Å². The van der Waals surface area contributed by atoms with Crippen molar-refractivity contribution >= 4 is 11.8 Å². The van der Waals surface area contributed by atoms with E-state index < -0.39 is 5.41 Å². The molecule has 2 aromatic carbocycles. The van der Waals surface area contributed by atoms with Gasteiger partial charge < -0.3 is 19.7 Å². The number of amides is 2. The molecule has 176 valence electrons. The van der Waals surface area contributed by atoms with Crippen LogP contribution in [0.1, 0.15) is 43.7 Å². The number of nitrogens with zero attached hydrogens (tertiary/aromatic N) is 1. The van der Waals surface area contributed by atoms with E-state index in [2.05, 4.69) is 17.4 Å². The smallest absolute Gasteiger partial charge is 0.230 e. The minimum Gasteiger partial charge on any atom is -0.497 e. The summed E-state index contributed by atoms with van der Waals surface area (Å²) in [6.45, 7) is 4.70. The highest BCUT2D eigenvalue weighted by atomic mass is 16.5. The second kappa shape index (κ2) is 9.96. The minimum absolute atomic E-state index is 0.0521. The number of likely N-dealkylation sites (tertiary alicyclic amines) is 1. The van der Waals surface area contributed by atoms with Crippen LogP contribution in [0.4, 0.5) is 0 Å². The fourth-order valence-electron chi connectivity index (χ4n) is 5.30. The summed E-state index contributed by atoms with van der Waals surface area (Å²) in [5.74, 6) is 0.944. The maximum absolute atomic E-state index is 13.8. The molecule has 4 rings (SSSR count). The number of benzene rings is 2. The Labute approximate surface area is 196 Å². The molecule has 2 saturated heterocycles. The third-order valence-corrected chi connectivity index (χ3v) is 7.56. The number of nitrogens with one attached hydrogen (secondary N) is 1. The topological polar surface area (TPSA) is 67.9 Å². The summed E-state index contributed by atoms with van der Waals surface area (Å²) in [5, 5.41) is 3.34. The molecule has 2 aliphatic rings. The lowest BCUT2D eigenvalue weighted by molar-refractivity contribution is -0.135. The molecule has 6 nitrogen and oxygen atoms in total. The summed E-state index contributed by atoms with van der Waals surface area (Å²) in [5.41, 5.74) is 1.43. The zero-order chi connectivity index (χ0) is 23.3. The Hall–Kier alpha value is -2.86. The Kier molecular flexibility index (Phi) is 7.03. The van der Waals surface area contributed by atoms with Crippen molar-refractivity contribution in [2.75, 3.05) is 40.0 Å². The van der Waals surface area contributed by atoms with Crippen LogP contribution in [0, 0.1) is 0 Å². The van der Waals surface area contributed by atoms with Crippen molar-refractivity contribution in [1.82, 2.24) is 10.2 Å². The lowest BCUT2D eigenvalue weighted by Gasteiger charge is -2.43. The molecule has 0 spiro atoms. The molecule has 2 aliphatic heterocycles. The molecular formula is C27H34N2O4. The first-order chi connectivity index (χ1) is 16.0. The van der Waals surface area contributed by atoms with Gasteiger partial charge in [-0.1, -0.05) is 42.5 Å². The standard InChI is InChI=1S/C27H34N2O4/c1-21(30)29-16-12-27(13-17-29,23-6-4-3-5-7-23)25(31)28-20-26(14-18-33-19-15-26)22-8-10-24(32-2)11-9-22/h3-11H,12-20H2,1-2H3,(H,28,31). The van der Waals surface area contributed by atoms with Gasteiger partial charge in [0.1, 0.15) is 5.75 Å². The Morgan fingerprint density at radius 2 is 1.58 bits per heavy atom. The Morgan fingerprint density at radius 3 is 2.15 bits per heavy atom. The van der Waals surface area contributed by atoms with Gasteiger partial charge in [0.2, 0.25) is 11.8 Å². The quantitative estimate of drug-likeness (QED) is 0.732. The zero-order valence-electron chi connectivity index (χ0n) is 19.6. The van der Waals surface area contributed by atoms with Crippen molar-refractivity contribution in [3.05, 3.63) is 65.7 Å². The third-order valence-electron chi connectivity index (χ3n) is 7.56. The van der Waals surface area contributed by atoms with E-state index >= 15 is 0 Å². The van der Waals surface area contributed by atoms with Crippen LogP contribution in [-0.2, 0) is 25.2 Å². The average Bonchev–Trinajstić information content (AvgIpc) is 2.88. The molecule has 0 saturated carbocycles.